The number of hydrogen-bond acceptors (Lipinski definition) is 1. The number of hydrogen-bond donors (Lipinski definition) is 1. The Labute approximate surface area is 100 Å². The third kappa shape index (κ3) is 6.00. The Kier molecular flexibility index (Phi) is 11.3. The second-order valence-electron chi connectivity index (χ2n) is 1.45. The van der Waals surface area contributed by atoms with Gasteiger partial charge in [-0.3, -0.25) is 0 Å². The topological polar surface area (TPSA) is 3.24 Å². The minimum absolute atomic E-state index is 0. The van der Waals surface area contributed by atoms with E-state index in [0.29, 0.717) is 4.32 Å². The molecule has 9 heavy (non-hydrogen) atoms. The maximum atomic E-state index is 4.81. The van der Waals surface area contributed by atoms with E-state index >= 15 is 0 Å². The molecule has 0 saturated heterocycles. The number of thiocarbonyl (C=S) groups is 1. The van der Waals surface area contributed by atoms with Crippen LogP contribution < -0.4 is 0 Å². The summed E-state index contributed by atoms with van der Waals surface area (Å²) >= 11 is 8.82. The monoisotopic (exact) mass is 301 g/mol. The SMILES string of the molecule is CCN(CC)C(=S)S.[Sm]. The van der Waals surface area contributed by atoms with Crippen LogP contribution in [-0.2, 0) is 0 Å². The van der Waals surface area contributed by atoms with E-state index in [1.54, 1.807) is 0 Å². The molecular formula is C5H11NS2Sm. The van der Waals surface area contributed by atoms with Crippen molar-refractivity contribution in [2.24, 2.45) is 0 Å². The van der Waals surface area contributed by atoms with E-state index < -0.39 is 0 Å². The average Bonchev–Trinajstić information content (AvgIpc) is 1.69. The van der Waals surface area contributed by atoms with Crippen molar-refractivity contribution in [3.05, 3.63) is 0 Å². The summed E-state index contributed by atoms with van der Waals surface area (Å²) in [5, 5.41) is 0. The molecule has 1 nitrogen and oxygen atoms in total. The molecule has 0 amide bonds. The summed E-state index contributed by atoms with van der Waals surface area (Å²) in [5.41, 5.74) is 0. The second kappa shape index (κ2) is 7.68. The van der Waals surface area contributed by atoms with Crippen LogP contribution in [0.3, 0.4) is 0 Å². The van der Waals surface area contributed by atoms with Crippen molar-refractivity contribution in [1.82, 2.24) is 4.90 Å². The summed E-state index contributed by atoms with van der Waals surface area (Å²) in [6, 6.07) is 0. The Morgan fingerprint density at radius 2 is 1.78 bits per heavy atom. The van der Waals surface area contributed by atoms with E-state index in [4.69, 9.17) is 12.2 Å². The van der Waals surface area contributed by atoms with Gasteiger partial charge in [0.25, 0.3) is 0 Å². The van der Waals surface area contributed by atoms with Gasteiger partial charge in [0.15, 0.2) is 0 Å². The van der Waals surface area contributed by atoms with Gasteiger partial charge in [0.05, 0.1) is 0 Å². The Morgan fingerprint density at radius 3 is 1.78 bits per heavy atom. The normalized spacial score (nSPS) is 7.89. The Balaban J connectivity index is 0. The summed E-state index contributed by atoms with van der Waals surface area (Å²) in [5.74, 6) is 0. The van der Waals surface area contributed by atoms with Crippen molar-refractivity contribution in [3.8, 4) is 0 Å². The number of nitrogens with zero attached hydrogens (tertiary/aromatic N) is 1. The van der Waals surface area contributed by atoms with Crippen molar-refractivity contribution in [1.29, 1.82) is 0 Å². The van der Waals surface area contributed by atoms with Crippen molar-refractivity contribution in [2.75, 3.05) is 13.1 Å². The van der Waals surface area contributed by atoms with E-state index in [0.717, 1.165) is 13.1 Å². The van der Waals surface area contributed by atoms with Gasteiger partial charge < -0.3 is 4.90 Å². The summed E-state index contributed by atoms with van der Waals surface area (Å²) in [7, 11) is 0. The fourth-order valence-corrected chi connectivity index (χ4v) is 1.04. The third-order valence-electron chi connectivity index (χ3n) is 1.03. The molecule has 0 unspecified atom stereocenters. The molecule has 0 aromatic rings. The first-order valence-corrected chi connectivity index (χ1v) is 3.55. The summed E-state index contributed by atoms with van der Waals surface area (Å²) in [6.45, 7) is 6.04. The van der Waals surface area contributed by atoms with Gasteiger partial charge in [-0.2, -0.15) is 0 Å². The smallest absolute Gasteiger partial charge is 0.133 e. The summed E-state index contributed by atoms with van der Waals surface area (Å²) < 4.78 is 0.690. The fourth-order valence-electron chi connectivity index (χ4n) is 0.494. The molecule has 0 atom stereocenters. The first-order chi connectivity index (χ1) is 3.72. The van der Waals surface area contributed by atoms with Gasteiger partial charge in [0, 0.05) is 53.5 Å². The number of rotatable bonds is 2. The Morgan fingerprint density at radius 1 is 1.44 bits per heavy atom. The van der Waals surface area contributed by atoms with Crippen LogP contribution in [0.2, 0.25) is 0 Å². The molecule has 0 aromatic carbocycles. The minimum Gasteiger partial charge on any atom is -0.358 e. The zero-order valence-corrected chi connectivity index (χ0v) is 9.96. The predicted molar refractivity (Wildman–Crippen MR) is 44.5 cm³/mol. The fraction of sp³-hybridized carbons (Fsp3) is 0.800. The van der Waals surface area contributed by atoms with Crippen LogP contribution >= 0.6 is 24.8 Å². The molecule has 0 aliphatic rings. The van der Waals surface area contributed by atoms with Crippen LogP contribution in [0.1, 0.15) is 13.8 Å². The van der Waals surface area contributed by atoms with Gasteiger partial charge in [-0.25, -0.2) is 0 Å². The van der Waals surface area contributed by atoms with Crippen molar-refractivity contribution >= 4 is 29.2 Å². The summed E-state index contributed by atoms with van der Waals surface area (Å²) in [6.07, 6.45) is 0. The van der Waals surface area contributed by atoms with Gasteiger partial charge in [-0.15, -0.1) is 12.6 Å². The van der Waals surface area contributed by atoms with Crippen molar-refractivity contribution < 1.29 is 40.4 Å². The molecule has 0 rings (SSSR count). The Hall–Kier alpha value is 1.58. The molecule has 0 aromatic heterocycles. The van der Waals surface area contributed by atoms with Gasteiger partial charge in [-0.1, -0.05) is 12.2 Å². The molecule has 0 aliphatic heterocycles. The molecule has 0 spiro atoms. The second-order valence-corrected chi connectivity index (χ2v) is 2.57. The molecule has 0 saturated carbocycles. The molecule has 54 valence electrons. The molecule has 0 heterocycles. The van der Waals surface area contributed by atoms with Crippen molar-refractivity contribution in [2.45, 2.75) is 13.8 Å². The third-order valence-corrected chi connectivity index (χ3v) is 1.58. The van der Waals surface area contributed by atoms with Crippen LogP contribution in [0.15, 0.2) is 0 Å². The zero-order valence-electron chi connectivity index (χ0n) is 5.63. The molecule has 0 N–H and O–H groups in total. The van der Waals surface area contributed by atoms with E-state index in [-0.39, 0.29) is 40.4 Å². The van der Waals surface area contributed by atoms with E-state index in [1.807, 2.05) is 4.90 Å². The molecule has 4 heteroatoms. The van der Waals surface area contributed by atoms with Gasteiger partial charge in [0.2, 0.25) is 0 Å². The van der Waals surface area contributed by atoms with E-state index in [9.17, 15) is 0 Å². The van der Waals surface area contributed by atoms with Gasteiger partial charge in [-0.05, 0) is 13.8 Å². The van der Waals surface area contributed by atoms with Crippen molar-refractivity contribution in [3.63, 3.8) is 0 Å². The van der Waals surface area contributed by atoms with Gasteiger partial charge in [0.1, 0.15) is 4.32 Å². The molecule has 0 radical (unpaired) electrons. The quantitative estimate of drug-likeness (QED) is 0.609. The number of thiol groups is 1. The Bertz CT molecular complexity index is 83.0. The van der Waals surface area contributed by atoms with Crippen LogP contribution in [0.5, 0.6) is 0 Å². The van der Waals surface area contributed by atoms with Crippen LogP contribution in [0, 0.1) is 40.4 Å². The van der Waals surface area contributed by atoms with E-state index in [2.05, 4.69) is 26.5 Å². The zero-order chi connectivity index (χ0) is 6.57. The largest absolute Gasteiger partial charge is 0.358 e. The van der Waals surface area contributed by atoms with Crippen LogP contribution in [-0.4, -0.2) is 22.3 Å². The maximum Gasteiger partial charge on any atom is 0.133 e. The minimum atomic E-state index is 0. The first-order valence-electron chi connectivity index (χ1n) is 2.70. The van der Waals surface area contributed by atoms with Gasteiger partial charge >= 0.3 is 0 Å². The molecular weight excluding hydrogens is 289 g/mol. The standard InChI is InChI=1S/C5H11NS2.Sm/c1-3-6(4-2)5(7)8;/h3-4H2,1-2H3,(H,7,8);. The molecule has 0 aliphatic carbocycles. The average molecular weight is 300 g/mol. The first kappa shape index (κ1) is 13.2. The van der Waals surface area contributed by atoms with Crippen LogP contribution in [0.25, 0.3) is 0 Å². The van der Waals surface area contributed by atoms with E-state index in [1.165, 1.54) is 0 Å². The summed E-state index contributed by atoms with van der Waals surface area (Å²) in [4.78, 5) is 2.01. The molecule has 0 fully saturated rings. The predicted octanol–water partition coefficient (Wildman–Crippen LogP) is 1.54. The maximum absolute atomic E-state index is 4.81. The molecule has 0 bridgehead atoms. The van der Waals surface area contributed by atoms with Crippen LogP contribution in [0.4, 0.5) is 0 Å².